The summed E-state index contributed by atoms with van der Waals surface area (Å²) in [7, 11) is 1.53. The second-order valence-corrected chi connectivity index (χ2v) is 5.55. The molecule has 114 valence electrons. The van der Waals surface area contributed by atoms with Crippen molar-refractivity contribution >= 4 is 11.9 Å². The standard InChI is InChI=1S/C15H20N2O4/c1-9-5-11(12(6-9)15(19)20)14(18)17-8-10-3-4-16-13(7-10)21-2/h3-4,7,9,11-12H,5-6,8H2,1-2H3,(H,17,18)(H,19,20)/t9?,11-,12+/m0/s1. The van der Waals surface area contributed by atoms with Crippen molar-refractivity contribution in [1.29, 1.82) is 0 Å². The van der Waals surface area contributed by atoms with E-state index in [2.05, 4.69) is 10.3 Å². The first-order chi connectivity index (χ1) is 10.0. The molecule has 0 spiro atoms. The number of hydrogen-bond donors (Lipinski definition) is 2. The van der Waals surface area contributed by atoms with E-state index in [1.54, 1.807) is 18.3 Å². The normalized spacial score (nSPS) is 24.6. The Balaban J connectivity index is 1.96. The average molecular weight is 292 g/mol. The lowest BCUT2D eigenvalue weighted by Crippen LogP contribution is -2.34. The molecule has 1 aromatic heterocycles. The first-order valence-electron chi connectivity index (χ1n) is 7.00. The van der Waals surface area contributed by atoms with Crippen molar-refractivity contribution in [2.24, 2.45) is 17.8 Å². The molecule has 2 N–H and O–H groups in total. The van der Waals surface area contributed by atoms with Gasteiger partial charge in [-0.15, -0.1) is 0 Å². The van der Waals surface area contributed by atoms with E-state index in [9.17, 15) is 14.7 Å². The average Bonchev–Trinajstić information content (AvgIpc) is 2.87. The Hall–Kier alpha value is -2.11. The smallest absolute Gasteiger partial charge is 0.307 e. The van der Waals surface area contributed by atoms with Gasteiger partial charge in [0.05, 0.1) is 18.9 Å². The van der Waals surface area contributed by atoms with Crippen LogP contribution in [0.3, 0.4) is 0 Å². The molecule has 0 saturated heterocycles. The maximum absolute atomic E-state index is 12.2. The van der Waals surface area contributed by atoms with Gasteiger partial charge in [0, 0.05) is 18.8 Å². The summed E-state index contributed by atoms with van der Waals surface area (Å²) in [4.78, 5) is 27.4. The van der Waals surface area contributed by atoms with Gasteiger partial charge in [-0.3, -0.25) is 9.59 Å². The molecule has 1 aromatic rings. The fourth-order valence-corrected chi connectivity index (χ4v) is 2.85. The molecule has 1 fully saturated rings. The molecule has 1 aliphatic rings. The lowest BCUT2D eigenvalue weighted by atomic mass is 9.95. The molecule has 0 aliphatic heterocycles. The summed E-state index contributed by atoms with van der Waals surface area (Å²) in [6.45, 7) is 2.33. The quantitative estimate of drug-likeness (QED) is 0.857. The molecule has 1 amide bonds. The van der Waals surface area contributed by atoms with Crippen molar-refractivity contribution in [3.8, 4) is 5.88 Å². The van der Waals surface area contributed by atoms with Crippen LogP contribution in [-0.4, -0.2) is 29.1 Å². The molecule has 6 heteroatoms. The van der Waals surface area contributed by atoms with E-state index in [0.29, 0.717) is 25.3 Å². The van der Waals surface area contributed by atoms with E-state index >= 15 is 0 Å². The summed E-state index contributed by atoms with van der Waals surface area (Å²) in [6.07, 6.45) is 2.80. The summed E-state index contributed by atoms with van der Waals surface area (Å²) >= 11 is 0. The minimum atomic E-state index is -0.884. The Morgan fingerprint density at radius 1 is 1.43 bits per heavy atom. The predicted octanol–water partition coefficient (Wildman–Crippen LogP) is 1.45. The number of methoxy groups -OCH3 is 1. The topological polar surface area (TPSA) is 88.5 Å². The van der Waals surface area contributed by atoms with Crippen molar-refractivity contribution in [1.82, 2.24) is 10.3 Å². The summed E-state index contributed by atoms with van der Waals surface area (Å²) in [5, 5.41) is 12.0. The van der Waals surface area contributed by atoms with E-state index in [0.717, 1.165) is 5.56 Å². The van der Waals surface area contributed by atoms with E-state index in [4.69, 9.17) is 4.74 Å². The number of ether oxygens (including phenoxy) is 1. The molecule has 21 heavy (non-hydrogen) atoms. The van der Waals surface area contributed by atoms with Crippen molar-refractivity contribution in [2.45, 2.75) is 26.3 Å². The summed E-state index contributed by atoms with van der Waals surface area (Å²) in [5.74, 6) is -1.34. The van der Waals surface area contributed by atoms with Gasteiger partial charge in [-0.05, 0) is 30.4 Å². The van der Waals surface area contributed by atoms with Gasteiger partial charge in [-0.1, -0.05) is 6.92 Å². The fourth-order valence-electron chi connectivity index (χ4n) is 2.85. The number of carbonyl (C=O) groups is 2. The lowest BCUT2D eigenvalue weighted by molar-refractivity contribution is -0.146. The Kier molecular flexibility index (Phi) is 4.77. The molecule has 3 atom stereocenters. The third-order valence-corrected chi connectivity index (χ3v) is 3.93. The van der Waals surface area contributed by atoms with E-state index in [1.807, 2.05) is 6.92 Å². The maximum atomic E-state index is 12.2. The highest BCUT2D eigenvalue weighted by molar-refractivity contribution is 5.85. The van der Waals surface area contributed by atoms with Crippen LogP contribution in [0.25, 0.3) is 0 Å². The number of amides is 1. The van der Waals surface area contributed by atoms with Gasteiger partial charge < -0.3 is 15.2 Å². The number of aliphatic carboxylic acids is 1. The highest BCUT2D eigenvalue weighted by atomic mass is 16.5. The fraction of sp³-hybridized carbons (Fsp3) is 0.533. The second kappa shape index (κ2) is 6.56. The first-order valence-corrected chi connectivity index (χ1v) is 7.00. The molecule has 1 heterocycles. The molecule has 0 radical (unpaired) electrons. The van der Waals surface area contributed by atoms with E-state index < -0.39 is 17.8 Å². The number of carboxylic acid groups (broad SMARTS) is 1. The van der Waals surface area contributed by atoms with Gasteiger partial charge in [0.2, 0.25) is 11.8 Å². The van der Waals surface area contributed by atoms with Gasteiger partial charge in [0.1, 0.15) is 0 Å². The van der Waals surface area contributed by atoms with Gasteiger partial charge >= 0.3 is 5.97 Å². The predicted molar refractivity (Wildman–Crippen MR) is 75.6 cm³/mol. The second-order valence-electron chi connectivity index (χ2n) is 5.55. The monoisotopic (exact) mass is 292 g/mol. The molecule has 0 aromatic carbocycles. The van der Waals surface area contributed by atoms with Crippen molar-refractivity contribution in [3.63, 3.8) is 0 Å². The lowest BCUT2D eigenvalue weighted by Gasteiger charge is -2.15. The van der Waals surface area contributed by atoms with Crippen LogP contribution < -0.4 is 10.1 Å². The van der Waals surface area contributed by atoms with Crippen LogP contribution in [0.1, 0.15) is 25.3 Å². The van der Waals surface area contributed by atoms with Gasteiger partial charge in [-0.25, -0.2) is 4.98 Å². The number of carbonyl (C=O) groups excluding carboxylic acids is 1. The number of rotatable bonds is 5. The van der Waals surface area contributed by atoms with E-state index in [1.165, 1.54) is 7.11 Å². The van der Waals surface area contributed by atoms with Gasteiger partial charge in [0.15, 0.2) is 0 Å². The van der Waals surface area contributed by atoms with Crippen LogP contribution in [0.4, 0.5) is 0 Å². The summed E-state index contributed by atoms with van der Waals surface area (Å²) in [5.41, 5.74) is 0.869. The number of pyridine rings is 1. The SMILES string of the molecule is COc1cc(CNC(=O)[C@H]2CC(C)C[C@H]2C(=O)O)ccn1. The van der Waals surface area contributed by atoms with Gasteiger partial charge in [-0.2, -0.15) is 0 Å². The Bertz CT molecular complexity index is 532. The molecule has 6 nitrogen and oxygen atoms in total. The molecule has 1 unspecified atom stereocenters. The van der Waals surface area contributed by atoms with Crippen LogP contribution >= 0.6 is 0 Å². The zero-order chi connectivity index (χ0) is 15.4. The van der Waals surface area contributed by atoms with Crippen LogP contribution in [0, 0.1) is 17.8 Å². The van der Waals surface area contributed by atoms with Crippen LogP contribution in [0.2, 0.25) is 0 Å². The van der Waals surface area contributed by atoms with Crippen molar-refractivity contribution in [3.05, 3.63) is 23.9 Å². The molecule has 0 bridgehead atoms. The third kappa shape index (κ3) is 3.71. The Morgan fingerprint density at radius 2 is 2.14 bits per heavy atom. The zero-order valence-electron chi connectivity index (χ0n) is 12.2. The minimum absolute atomic E-state index is 0.192. The largest absolute Gasteiger partial charge is 0.481 e. The number of hydrogen-bond acceptors (Lipinski definition) is 4. The third-order valence-electron chi connectivity index (χ3n) is 3.93. The number of aromatic nitrogens is 1. The number of nitrogens with zero attached hydrogens (tertiary/aromatic N) is 1. The van der Waals surface area contributed by atoms with Gasteiger partial charge in [0.25, 0.3) is 0 Å². The summed E-state index contributed by atoms with van der Waals surface area (Å²) in [6, 6.07) is 3.53. The van der Waals surface area contributed by atoms with Crippen LogP contribution in [-0.2, 0) is 16.1 Å². The van der Waals surface area contributed by atoms with E-state index in [-0.39, 0.29) is 11.8 Å². The Morgan fingerprint density at radius 3 is 2.81 bits per heavy atom. The molecular weight excluding hydrogens is 272 g/mol. The van der Waals surface area contributed by atoms with Crippen molar-refractivity contribution < 1.29 is 19.4 Å². The number of carboxylic acids is 1. The zero-order valence-corrected chi connectivity index (χ0v) is 12.2. The number of nitrogens with one attached hydrogen (secondary N) is 1. The first kappa shape index (κ1) is 15.3. The molecule has 2 rings (SSSR count). The molecule has 1 aliphatic carbocycles. The van der Waals surface area contributed by atoms with Crippen LogP contribution in [0.15, 0.2) is 18.3 Å². The maximum Gasteiger partial charge on any atom is 0.307 e. The van der Waals surface area contributed by atoms with Crippen LogP contribution in [0.5, 0.6) is 5.88 Å². The minimum Gasteiger partial charge on any atom is -0.481 e. The Labute approximate surface area is 123 Å². The molecular formula is C15H20N2O4. The highest BCUT2D eigenvalue weighted by Crippen LogP contribution is 2.36. The van der Waals surface area contributed by atoms with Crippen molar-refractivity contribution in [2.75, 3.05) is 7.11 Å². The molecule has 1 saturated carbocycles. The highest BCUT2D eigenvalue weighted by Gasteiger charge is 2.40. The summed E-state index contributed by atoms with van der Waals surface area (Å²) < 4.78 is 5.02.